The number of aromatic amines is 1. The van der Waals surface area contributed by atoms with E-state index in [0.717, 1.165) is 31.7 Å². The van der Waals surface area contributed by atoms with Gasteiger partial charge in [0.25, 0.3) is 5.56 Å². The molecule has 4 rings (SSSR count). The van der Waals surface area contributed by atoms with Gasteiger partial charge >= 0.3 is 5.69 Å². The van der Waals surface area contributed by atoms with Crippen LogP contribution in [0.2, 0.25) is 0 Å². The summed E-state index contributed by atoms with van der Waals surface area (Å²) in [7, 11) is 0. The molecule has 25 heavy (non-hydrogen) atoms. The number of likely N-dealkylation sites (tertiary alicyclic amines) is 1. The van der Waals surface area contributed by atoms with Gasteiger partial charge in [-0.25, -0.2) is 4.79 Å². The van der Waals surface area contributed by atoms with Crippen LogP contribution >= 0.6 is 0 Å². The van der Waals surface area contributed by atoms with Crippen LogP contribution in [-0.2, 0) is 6.54 Å². The summed E-state index contributed by atoms with van der Waals surface area (Å²) in [5.74, 6) is 0.793. The first kappa shape index (κ1) is 15.9. The number of fused-ring (bicyclic) bond motifs is 1. The highest BCUT2D eigenvalue weighted by Crippen LogP contribution is 2.26. The van der Waals surface area contributed by atoms with E-state index in [1.165, 1.54) is 11.0 Å². The fourth-order valence-electron chi connectivity index (χ4n) is 3.63. The molecule has 0 saturated carbocycles. The van der Waals surface area contributed by atoms with Gasteiger partial charge in [-0.15, -0.1) is 0 Å². The number of H-pyrrole nitrogens is 1. The van der Waals surface area contributed by atoms with E-state index in [4.69, 9.17) is 4.42 Å². The summed E-state index contributed by atoms with van der Waals surface area (Å²) in [5, 5.41) is 0.527. The summed E-state index contributed by atoms with van der Waals surface area (Å²) in [6.07, 6.45) is 5.11. The van der Waals surface area contributed by atoms with Crippen LogP contribution in [0.4, 0.5) is 0 Å². The molecule has 1 aliphatic rings. The van der Waals surface area contributed by atoms with Gasteiger partial charge in [0.1, 0.15) is 5.76 Å². The molecular weight excluding hydrogens is 318 g/mol. The number of nitrogens with one attached hydrogen (secondary N) is 1. The Morgan fingerprint density at radius 2 is 1.84 bits per heavy atom. The number of piperidine rings is 1. The van der Waals surface area contributed by atoms with Crippen LogP contribution in [0.25, 0.3) is 10.9 Å². The van der Waals surface area contributed by atoms with Crippen molar-refractivity contribution in [3.8, 4) is 0 Å². The molecule has 130 valence electrons. The van der Waals surface area contributed by atoms with E-state index in [1.54, 1.807) is 30.5 Å². The lowest BCUT2D eigenvalue weighted by atomic mass is 10.1. The zero-order chi connectivity index (χ0) is 17.2. The number of aromatic nitrogens is 2. The predicted molar refractivity (Wildman–Crippen MR) is 95.7 cm³/mol. The van der Waals surface area contributed by atoms with E-state index in [-0.39, 0.29) is 23.8 Å². The van der Waals surface area contributed by atoms with Gasteiger partial charge in [-0.05, 0) is 50.2 Å². The van der Waals surface area contributed by atoms with E-state index in [0.29, 0.717) is 10.9 Å². The van der Waals surface area contributed by atoms with Crippen molar-refractivity contribution < 1.29 is 4.42 Å². The SMILES string of the molecule is O=c1[nH]c2ccccc2c(=O)n1C[C@@H](c1ccco1)N1CCCCC1. The van der Waals surface area contributed by atoms with Gasteiger partial charge in [0, 0.05) is 0 Å². The van der Waals surface area contributed by atoms with E-state index in [9.17, 15) is 9.59 Å². The Bertz CT molecular complexity index is 965. The summed E-state index contributed by atoms with van der Waals surface area (Å²) in [6, 6.07) is 10.8. The van der Waals surface area contributed by atoms with Crippen LogP contribution in [-0.4, -0.2) is 27.5 Å². The minimum atomic E-state index is -0.378. The molecule has 2 aromatic heterocycles. The van der Waals surface area contributed by atoms with Crippen molar-refractivity contribution in [2.24, 2.45) is 0 Å². The highest BCUT2D eigenvalue weighted by atomic mass is 16.3. The van der Waals surface area contributed by atoms with Crippen LogP contribution < -0.4 is 11.2 Å². The van der Waals surface area contributed by atoms with Crippen molar-refractivity contribution in [2.75, 3.05) is 13.1 Å². The second-order valence-corrected chi connectivity index (χ2v) is 6.52. The molecule has 1 fully saturated rings. The smallest absolute Gasteiger partial charge is 0.328 e. The van der Waals surface area contributed by atoms with Gasteiger partial charge in [-0.2, -0.15) is 0 Å². The monoisotopic (exact) mass is 339 g/mol. The van der Waals surface area contributed by atoms with Crippen LogP contribution in [0.3, 0.4) is 0 Å². The first-order valence-corrected chi connectivity index (χ1v) is 8.73. The largest absolute Gasteiger partial charge is 0.468 e. The van der Waals surface area contributed by atoms with E-state index >= 15 is 0 Å². The zero-order valence-electron chi connectivity index (χ0n) is 14.0. The van der Waals surface area contributed by atoms with Crippen molar-refractivity contribution in [3.63, 3.8) is 0 Å². The third kappa shape index (κ3) is 3.05. The molecule has 0 amide bonds. The number of furan rings is 1. The number of nitrogens with zero attached hydrogens (tertiary/aromatic N) is 2. The Kier molecular flexibility index (Phi) is 4.28. The topological polar surface area (TPSA) is 71.2 Å². The van der Waals surface area contributed by atoms with Gasteiger partial charge in [0.05, 0.1) is 29.8 Å². The molecule has 6 nitrogen and oxygen atoms in total. The Labute approximate surface area is 144 Å². The molecule has 1 saturated heterocycles. The third-order valence-electron chi connectivity index (χ3n) is 4.95. The van der Waals surface area contributed by atoms with Crippen LogP contribution in [0, 0.1) is 0 Å². The molecule has 1 aromatic carbocycles. The first-order chi connectivity index (χ1) is 12.2. The van der Waals surface area contributed by atoms with Crippen molar-refractivity contribution in [1.82, 2.24) is 14.5 Å². The molecule has 0 bridgehead atoms. The molecule has 0 spiro atoms. The van der Waals surface area contributed by atoms with Crippen LogP contribution in [0.1, 0.15) is 31.1 Å². The van der Waals surface area contributed by atoms with Crippen LogP contribution in [0.15, 0.2) is 56.7 Å². The minimum absolute atomic E-state index is 0.115. The van der Waals surface area contributed by atoms with Crippen molar-refractivity contribution in [2.45, 2.75) is 31.8 Å². The Morgan fingerprint density at radius 1 is 1.04 bits per heavy atom. The maximum absolute atomic E-state index is 12.8. The Balaban J connectivity index is 1.76. The lowest BCUT2D eigenvalue weighted by Crippen LogP contribution is -2.42. The molecule has 0 radical (unpaired) electrons. The summed E-state index contributed by atoms with van der Waals surface area (Å²) in [6.45, 7) is 2.18. The number of hydrogen-bond acceptors (Lipinski definition) is 4. The molecule has 1 atom stereocenters. The van der Waals surface area contributed by atoms with E-state index < -0.39 is 0 Å². The fraction of sp³-hybridized carbons (Fsp3) is 0.368. The molecule has 1 aliphatic heterocycles. The Morgan fingerprint density at radius 3 is 2.60 bits per heavy atom. The van der Waals surface area contributed by atoms with Gasteiger partial charge in [-0.1, -0.05) is 18.6 Å². The number of para-hydroxylation sites is 1. The quantitative estimate of drug-likeness (QED) is 0.793. The van der Waals surface area contributed by atoms with Gasteiger partial charge in [-0.3, -0.25) is 14.3 Å². The predicted octanol–water partition coefficient (Wildman–Crippen LogP) is 2.51. The molecular formula is C19H21N3O3. The normalized spacial score (nSPS) is 17.0. The summed E-state index contributed by atoms with van der Waals surface area (Å²) in [4.78, 5) is 30.5. The lowest BCUT2D eigenvalue weighted by Gasteiger charge is -2.33. The minimum Gasteiger partial charge on any atom is -0.468 e. The second kappa shape index (κ2) is 6.72. The summed E-state index contributed by atoms with van der Waals surface area (Å²) >= 11 is 0. The Hall–Kier alpha value is -2.60. The maximum atomic E-state index is 12.8. The third-order valence-corrected chi connectivity index (χ3v) is 4.95. The van der Waals surface area contributed by atoms with E-state index in [1.807, 2.05) is 12.1 Å². The molecule has 3 heterocycles. The zero-order valence-corrected chi connectivity index (χ0v) is 14.0. The molecule has 6 heteroatoms. The lowest BCUT2D eigenvalue weighted by molar-refractivity contribution is 0.129. The maximum Gasteiger partial charge on any atom is 0.328 e. The number of benzene rings is 1. The summed E-state index contributed by atoms with van der Waals surface area (Å²) < 4.78 is 6.91. The molecule has 1 N–H and O–H groups in total. The standard InChI is InChI=1S/C19H21N3O3/c23-18-14-7-2-3-8-15(14)20-19(24)22(18)13-16(17-9-6-12-25-17)21-10-4-1-5-11-21/h2-3,6-9,12,16H,1,4-5,10-11,13H2,(H,20,24)/t16-/m0/s1. The van der Waals surface area contributed by atoms with Crippen LogP contribution in [0.5, 0.6) is 0 Å². The number of rotatable bonds is 4. The van der Waals surface area contributed by atoms with Crippen molar-refractivity contribution in [1.29, 1.82) is 0 Å². The highest BCUT2D eigenvalue weighted by molar-refractivity contribution is 5.76. The second-order valence-electron chi connectivity index (χ2n) is 6.52. The average molecular weight is 339 g/mol. The molecule has 3 aromatic rings. The summed E-state index contributed by atoms with van der Waals surface area (Å²) in [5.41, 5.74) is -0.0635. The van der Waals surface area contributed by atoms with Gasteiger partial charge in [0.15, 0.2) is 0 Å². The molecule has 0 aliphatic carbocycles. The fourth-order valence-corrected chi connectivity index (χ4v) is 3.63. The van der Waals surface area contributed by atoms with E-state index in [2.05, 4.69) is 9.88 Å². The number of hydrogen-bond donors (Lipinski definition) is 1. The first-order valence-electron chi connectivity index (χ1n) is 8.73. The highest BCUT2D eigenvalue weighted by Gasteiger charge is 2.26. The van der Waals surface area contributed by atoms with Crippen molar-refractivity contribution >= 4 is 10.9 Å². The molecule has 0 unspecified atom stereocenters. The van der Waals surface area contributed by atoms with Gasteiger partial charge < -0.3 is 9.40 Å². The average Bonchev–Trinajstić information content (AvgIpc) is 3.17. The van der Waals surface area contributed by atoms with Crippen molar-refractivity contribution in [3.05, 3.63) is 69.3 Å². The van der Waals surface area contributed by atoms with Gasteiger partial charge in [0.2, 0.25) is 0 Å².